The number of nitrogens with zero attached hydrogens (tertiary/aromatic N) is 2. The van der Waals surface area contributed by atoms with Crippen LogP contribution in [0.5, 0.6) is 0 Å². The molecule has 0 saturated heterocycles. The fourth-order valence-corrected chi connectivity index (χ4v) is 5.02. The second kappa shape index (κ2) is 7.54. The third-order valence-electron chi connectivity index (χ3n) is 4.43. The van der Waals surface area contributed by atoms with Crippen LogP contribution in [-0.4, -0.2) is 21.0 Å². The molecule has 27 heavy (non-hydrogen) atoms. The van der Waals surface area contributed by atoms with Crippen LogP contribution in [0.15, 0.2) is 59.1 Å². The molecule has 0 bridgehead atoms. The van der Waals surface area contributed by atoms with Crippen molar-refractivity contribution in [1.82, 2.24) is 15.2 Å². The van der Waals surface area contributed by atoms with Gasteiger partial charge in [-0.2, -0.15) is 0 Å². The van der Waals surface area contributed by atoms with Crippen molar-refractivity contribution in [3.8, 4) is 0 Å². The predicted octanol–water partition coefficient (Wildman–Crippen LogP) is 4.88. The number of para-hydroxylation sites is 1. The number of aromatic amines is 1. The van der Waals surface area contributed by atoms with Gasteiger partial charge in [0.05, 0.1) is 0 Å². The van der Waals surface area contributed by atoms with Gasteiger partial charge in [0.25, 0.3) is 0 Å². The van der Waals surface area contributed by atoms with Crippen LogP contribution in [-0.2, 0) is 6.42 Å². The van der Waals surface area contributed by atoms with Crippen LogP contribution < -0.4 is 5.73 Å². The molecule has 2 heterocycles. The Morgan fingerprint density at radius 2 is 2.00 bits per heavy atom. The molecule has 1 unspecified atom stereocenters. The Morgan fingerprint density at radius 3 is 2.70 bits per heavy atom. The first-order chi connectivity index (χ1) is 13.2. The molecule has 0 fully saturated rings. The molecule has 4 rings (SSSR count). The number of aryl methyl sites for hydroxylation is 1. The lowest BCUT2D eigenvalue weighted by Gasteiger charge is -2.14. The highest BCUT2D eigenvalue weighted by Crippen LogP contribution is 2.40. The number of aromatic nitrogens is 3. The van der Waals surface area contributed by atoms with E-state index in [-0.39, 0.29) is 5.78 Å². The Bertz CT molecular complexity index is 1090. The van der Waals surface area contributed by atoms with Crippen molar-refractivity contribution in [2.24, 2.45) is 0 Å². The summed E-state index contributed by atoms with van der Waals surface area (Å²) in [6.45, 7) is 2.11. The molecule has 0 aliphatic heterocycles. The standard InChI is InChI=1S/C20H18N4OS2/c1-2-12-9-6-10-14-15(11-22-16(12)14)17(25)18(13-7-4-3-5-8-13)26-20-24-23-19(21)27-20/h3-11,18,22H,2H2,1H3,(H2,21,23). The van der Waals surface area contributed by atoms with E-state index in [0.29, 0.717) is 15.0 Å². The number of carbonyl (C=O) groups excluding carboxylic acids is 1. The Labute approximate surface area is 165 Å². The molecule has 7 heteroatoms. The molecule has 0 saturated carbocycles. The number of carbonyl (C=O) groups is 1. The summed E-state index contributed by atoms with van der Waals surface area (Å²) in [7, 11) is 0. The number of hydrogen-bond donors (Lipinski definition) is 2. The smallest absolute Gasteiger partial charge is 0.203 e. The number of anilines is 1. The fraction of sp³-hybridized carbons (Fsp3) is 0.150. The Hall–Kier alpha value is -2.64. The summed E-state index contributed by atoms with van der Waals surface area (Å²) in [5.74, 6) is 0.0412. The topological polar surface area (TPSA) is 84.7 Å². The summed E-state index contributed by atoms with van der Waals surface area (Å²) in [4.78, 5) is 16.8. The van der Waals surface area contributed by atoms with Gasteiger partial charge in [0.2, 0.25) is 5.13 Å². The molecule has 2 aromatic heterocycles. The van der Waals surface area contributed by atoms with Crippen LogP contribution in [0.4, 0.5) is 5.13 Å². The van der Waals surface area contributed by atoms with Gasteiger partial charge in [-0.1, -0.05) is 78.6 Å². The number of fused-ring (bicyclic) bond motifs is 1. The monoisotopic (exact) mass is 394 g/mol. The van der Waals surface area contributed by atoms with Crippen LogP contribution in [0.25, 0.3) is 10.9 Å². The maximum Gasteiger partial charge on any atom is 0.203 e. The van der Waals surface area contributed by atoms with E-state index in [1.165, 1.54) is 28.7 Å². The van der Waals surface area contributed by atoms with Gasteiger partial charge in [-0.15, -0.1) is 10.2 Å². The van der Waals surface area contributed by atoms with Crippen LogP contribution in [0.1, 0.15) is 33.7 Å². The average molecular weight is 395 g/mol. The number of benzene rings is 2. The van der Waals surface area contributed by atoms with Crippen molar-refractivity contribution in [3.05, 3.63) is 71.4 Å². The van der Waals surface area contributed by atoms with E-state index in [1.807, 2.05) is 48.7 Å². The van der Waals surface area contributed by atoms with Crippen molar-refractivity contribution < 1.29 is 4.79 Å². The van der Waals surface area contributed by atoms with Crippen molar-refractivity contribution in [3.63, 3.8) is 0 Å². The molecule has 0 aliphatic rings. The van der Waals surface area contributed by atoms with E-state index in [4.69, 9.17) is 5.73 Å². The number of H-pyrrole nitrogens is 1. The molecule has 0 aliphatic carbocycles. The molecule has 4 aromatic rings. The number of Topliss-reactive ketones (excluding diaryl/α,β-unsaturated/α-hetero) is 1. The zero-order chi connectivity index (χ0) is 18.8. The molecule has 2 aromatic carbocycles. The van der Waals surface area contributed by atoms with Crippen LogP contribution >= 0.6 is 23.1 Å². The minimum absolute atomic E-state index is 0.0412. The molecule has 0 radical (unpaired) electrons. The van der Waals surface area contributed by atoms with E-state index in [2.05, 4.69) is 28.2 Å². The van der Waals surface area contributed by atoms with Gasteiger partial charge in [0.15, 0.2) is 10.1 Å². The quantitative estimate of drug-likeness (QED) is 0.360. The van der Waals surface area contributed by atoms with Gasteiger partial charge in [-0.25, -0.2) is 0 Å². The van der Waals surface area contributed by atoms with Crippen LogP contribution in [0.2, 0.25) is 0 Å². The summed E-state index contributed by atoms with van der Waals surface area (Å²) in [5, 5.41) is 8.89. The fourth-order valence-electron chi connectivity index (χ4n) is 3.13. The van der Waals surface area contributed by atoms with Crippen molar-refractivity contribution in [1.29, 1.82) is 0 Å². The van der Waals surface area contributed by atoms with Crippen LogP contribution in [0, 0.1) is 0 Å². The average Bonchev–Trinajstić information content (AvgIpc) is 3.32. The van der Waals surface area contributed by atoms with Crippen LogP contribution in [0.3, 0.4) is 0 Å². The van der Waals surface area contributed by atoms with Crippen molar-refractivity contribution in [2.45, 2.75) is 22.9 Å². The lowest BCUT2D eigenvalue weighted by atomic mass is 10.0. The van der Waals surface area contributed by atoms with E-state index >= 15 is 0 Å². The number of rotatable bonds is 6. The Kier molecular flexibility index (Phi) is 4.96. The summed E-state index contributed by atoms with van der Waals surface area (Å²) >= 11 is 2.68. The highest BCUT2D eigenvalue weighted by molar-refractivity contribution is 8.02. The molecule has 1 atom stereocenters. The molecular weight excluding hydrogens is 376 g/mol. The number of thioether (sulfide) groups is 1. The lowest BCUT2D eigenvalue weighted by molar-refractivity contribution is 0.0991. The molecule has 5 nitrogen and oxygen atoms in total. The summed E-state index contributed by atoms with van der Waals surface area (Å²) in [6.07, 6.45) is 2.73. The zero-order valence-corrected chi connectivity index (χ0v) is 16.3. The first kappa shape index (κ1) is 17.8. The minimum Gasteiger partial charge on any atom is -0.374 e. The van der Waals surface area contributed by atoms with Gasteiger partial charge in [-0.3, -0.25) is 4.79 Å². The predicted molar refractivity (Wildman–Crippen MR) is 111 cm³/mol. The normalized spacial score (nSPS) is 12.3. The number of nitrogens with two attached hydrogens (primary N) is 1. The molecular formula is C20H18N4OS2. The van der Waals surface area contributed by atoms with Crippen molar-refractivity contribution >= 4 is 44.9 Å². The zero-order valence-electron chi connectivity index (χ0n) is 14.7. The van der Waals surface area contributed by atoms with Gasteiger partial charge >= 0.3 is 0 Å². The van der Waals surface area contributed by atoms with Gasteiger partial charge in [0, 0.05) is 22.7 Å². The minimum atomic E-state index is -0.414. The Balaban J connectivity index is 1.77. The second-order valence-electron chi connectivity index (χ2n) is 6.07. The van der Waals surface area contributed by atoms with E-state index in [1.54, 1.807) is 0 Å². The van der Waals surface area contributed by atoms with Gasteiger partial charge in [0.1, 0.15) is 5.25 Å². The molecule has 3 N–H and O–H groups in total. The first-order valence-corrected chi connectivity index (χ1v) is 10.3. The third-order valence-corrected chi connectivity index (χ3v) is 6.52. The summed E-state index contributed by atoms with van der Waals surface area (Å²) in [5.41, 5.74) is 9.57. The lowest BCUT2D eigenvalue weighted by Crippen LogP contribution is -2.09. The third kappa shape index (κ3) is 3.48. The highest BCUT2D eigenvalue weighted by atomic mass is 32.2. The maximum absolute atomic E-state index is 13.5. The second-order valence-corrected chi connectivity index (χ2v) is 8.44. The van der Waals surface area contributed by atoms with Gasteiger partial charge in [-0.05, 0) is 17.5 Å². The van der Waals surface area contributed by atoms with Crippen molar-refractivity contribution in [2.75, 3.05) is 5.73 Å². The van der Waals surface area contributed by atoms with Gasteiger partial charge < -0.3 is 10.7 Å². The number of hydrogen-bond acceptors (Lipinski definition) is 6. The van der Waals surface area contributed by atoms with E-state index in [0.717, 1.165) is 22.9 Å². The molecule has 0 amide bonds. The summed E-state index contributed by atoms with van der Waals surface area (Å²) in [6, 6.07) is 15.8. The summed E-state index contributed by atoms with van der Waals surface area (Å²) < 4.78 is 0.684. The first-order valence-electron chi connectivity index (χ1n) is 8.61. The number of ketones is 1. The molecule has 0 spiro atoms. The Morgan fingerprint density at radius 1 is 1.19 bits per heavy atom. The molecule has 136 valence electrons. The highest BCUT2D eigenvalue weighted by Gasteiger charge is 2.27. The number of nitrogen functional groups attached to an aromatic ring is 1. The van der Waals surface area contributed by atoms with E-state index in [9.17, 15) is 4.79 Å². The SMILES string of the molecule is CCc1cccc2c(C(=O)C(Sc3nnc(N)s3)c3ccccc3)c[nH]c12. The largest absolute Gasteiger partial charge is 0.374 e. The maximum atomic E-state index is 13.5. The van der Waals surface area contributed by atoms with E-state index < -0.39 is 5.25 Å². The number of nitrogens with one attached hydrogen (secondary N) is 1.